The van der Waals surface area contributed by atoms with E-state index >= 15 is 0 Å². The van der Waals surface area contributed by atoms with Crippen LogP contribution in [-0.2, 0) is 14.3 Å². The lowest BCUT2D eigenvalue weighted by atomic mass is 10.1. The van der Waals surface area contributed by atoms with Gasteiger partial charge < -0.3 is 25.5 Å². The van der Waals surface area contributed by atoms with Gasteiger partial charge in [-0.3, -0.25) is 10.1 Å². The van der Waals surface area contributed by atoms with Crippen LogP contribution in [0.3, 0.4) is 0 Å². The third kappa shape index (κ3) is 3.95. The van der Waals surface area contributed by atoms with Crippen LogP contribution < -0.4 is 16.4 Å². The highest BCUT2D eigenvalue weighted by Gasteiger charge is 2.17. The molecule has 1 aliphatic heterocycles. The van der Waals surface area contributed by atoms with Gasteiger partial charge in [-0.25, -0.2) is 9.78 Å². The van der Waals surface area contributed by atoms with Crippen LogP contribution >= 0.6 is 0 Å². The molecule has 9 nitrogen and oxygen atoms in total. The van der Waals surface area contributed by atoms with Crippen LogP contribution in [0.25, 0.3) is 11.3 Å². The molecule has 0 spiro atoms. The molecule has 2 bridgehead atoms. The highest BCUT2D eigenvalue weighted by Crippen LogP contribution is 2.30. The first kappa shape index (κ1) is 16.9. The summed E-state index contributed by atoms with van der Waals surface area (Å²) in [5, 5.41) is 5.40. The molecule has 1 aromatic carbocycles. The van der Waals surface area contributed by atoms with Crippen molar-refractivity contribution in [3.8, 4) is 11.3 Å². The van der Waals surface area contributed by atoms with Crippen molar-refractivity contribution >= 4 is 23.4 Å². The highest BCUT2D eigenvalue weighted by molar-refractivity contribution is 5.97. The average Bonchev–Trinajstić information content (AvgIpc) is 3.08. The number of ether oxygens (including phenoxy) is 2. The molecule has 2 aromatic rings. The molecule has 0 saturated heterocycles. The molecule has 25 heavy (non-hydrogen) atoms. The van der Waals surface area contributed by atoms with Crippen molar-refractivity contribution in [2.45, 2.75) is 12.5 Å². The van der Waals surface area contributed by atoms with E-state index in [0.29, 0.717) is 22.9 Å². The van der Waals surface area contributed by atoms with Crippen LogP contribution in [0, 0.1) is 0 Å². The molecule has 2 amide bonds. The number of carbonyl (C=O) groups excluding carboxylic acids is 2. The maximum atomic E-state index is 12.1. The quantitative estimate of drug-likeness (QED) is 0.621. The fourth-order valence-electron chi connectivity index (χ4n) is 2.46. The number of H-pyrrole nitrogens is 1. The summed E-state index contributed by atoms with van der Waals surface area (Å²) in [6.45, 7) is 0.525. The Morgan fingerprint density at radius 1 is 1.48 bits per heavy atom. The number of hydrogen-bond donors (Lipinski definition) is 4. The van der Waals surface area contributed by atoms with Crippen molar-refractivity contribution in [1.29, 1.82) is 0 Å². The Morgan fingerprint density at radius 3 is 3.12 bits per heavy atom. The molecular formula is C16H19N5O4. The molecule has 0 saturated carbocycles. The normalized spacial score (nSPS) is 17.5. The zero-order valence-corrected chi connectivity index (χ0v) is 13.7. The number of rotatable bonds is 1. The summed E-state index contributed by atoms with van der Waals surface area (Å²) < 4.78 is 10.00. The van der Waals surface area contributed by atoms with Crippen molar-refractivity contribution in [2.75, 3.05) is 31.0 Å². The third-order valence-corrected chi connectivity index (χ3v) is 3.73. The van der Waals surface area contributed by atoms with E-state index in [4.69, 9.17) is 10.5 Å². The Bertz CT molecular complexity index is 789. The van der Waals surface area contributed by atoms with Gasteiger partial charge in [-0.1, -0.05) is 0 Å². The van der Waals surface area contributed by atoms with Crippen molar-refractivity contribution < 1.29 is 19.1 Å². The summed E-state index contributed by atoms with van der Waals surface area (Å²) in [5.74, 6) is 0.398. The van der Waals surface area contributed by atoms with E-state index in [1.165, 1.54) is 7.11 Å². The number of benzene rings is 1. The molecule has 2 heterocycles. The second-order valence-corrected chi connectivity index (χ2v) is 5.54. The van der Waals surface area contributed by atoms with E-state index in [0.717, 1.165) is 5.56 Å². The summed E-state index contributed by atoms with van der Waals surface area (Å²) in [4.78, 5) is 31.0. The highest BCUT2D eigenvalue weighted by atomic mass is 16.5. The lowest BCUT2D eigenvalue weighted by molar-refractivity contribution is -0.117. The van der Waals surface area contributed by atoms with E-state index in [9.17, 15) is 9.59 Å². The monoisotopic (exact) mass is 345 g/mol. The summed E-state index contributed by atoms with van der Waals surface area (Å²) in [5.41, 5.74) is 8.49. The first-order valence-electron chi connectivity index (χ1n) is 7.74. The number of methoxy groups -OCH3 is 1. The maximum Gasteiger partial charge on any atom is 0.411 e. The van der Waals surface area contributed by atoms with Crippen molar-refractivity contribution in [3.05, 3.63) is 30.2 Å². The summed E-state index contributed by atoms with van der Waals surface area (Å²) in [6, 6.07) is 4.72. The predicted octanol–water partition coefficient (Wildman–Crippen LogP) is 1.61. The molecule has 1 aromatic heterocycles. The molecule has 0 fully saturated rings. The number of aromatic nitrogens is 2. The Balaban J connectivity index is 2.00. The molecule has 1 aliphatic rings. The van der Waals surface area contributed by atoms with Crippen LogP contribution in [0.2, 0.25) is 0 Å². The smallest absolute Gasteiger partial charge is 0.411 e. The lowest BCUT2D eigenvalue weighted by Crippen LogP contribution is -2.21. The van der Waals surface area contributed by atoms with Gasteiger partial charge in [0.2, 0.25) is 5.91 Å². The second-order valence-electron chi connectivity index (χ2n) is 5.54. The third-order valence-electron chi connectivity index (χ3n) is 3.73. The number of nitrogens with two attached hydrogens (primary N) is 1. The zero-order valence-electron chi connectivity index (χ0n) is 13.7. The number of aromatic amines is 1. The van der Waals surface area contributed by atoms with Gasteiger partial charge >= 0.3 is 6.09 Å². The molecule has 1 atom stereocenters. The van der Waals surface area contributed by atoms with Crippen molar-refractivity contribution in [1.82, 2.24) is 9.97 Å². The number of anilines is 2. The SMILES string of the molecule is COC(=O)Nc1ccc2c(c1)NC(=O)CCOC[C@H](N)c1ncc-2[nH]1. The number of nitrogens with zero attached hydrogens (tertiary/aromatic N) is 1. The largest absolute Gasteiger partial charge is 0.453 e. The predicted molar refractivity (Wildman–Crippen MR) is 91.0 cm³/mol. The van der Waals surface area contributed by atoms with E-state index in [2.05, 4.69) is 25.3 Å². The second kappa shape index (κ2) is 7.32. The minimum Gasteiger partial charge on any atom is -0.453 e. The van der Waals surface area contributed by atoms with Gasteiger partial charge in [0.05, 0.1) is 50.4 Å². The Kier molecular flexibility index (Phi) is 4.96. The number of fused-ring (bicyclic) bond motifs is 4. The zero-order chi connectivity index (χ0) is 17.8. The topological polar surface area (TPSA) is 131 Å². The first-order chi connectivity index (χ1) is 12.1. The van der Waals surface area contributed by atoms with Crippen LogP contribution in [-0.4, -0.2) is 42.3 Å². The minimum absolute atomic E-state index is 0.194. The fourth-order valence-corrected chi connectivity index (χ4v) is 2.46. The summed E-state index contributed by atoms with van der Waals surface area (Å²) in [7, 11) is 1.28. The van der Waals surface area contributed by atoms with Crippen LogP contribution in [0.5, 0.6) is 0 Å². The van der Waals surface area contributed by atoms with Gasteiger partial charge in [-0.05, 0) is 18.2 Å². The van der Waals surface area contributed by atoms with Crippen LogP contribution in [0.15, 0.2) is 24.4 Å². The first-order valence-corrected chi connectivity index (χ1v) is 7.74. The van der Waals surface area contributed by atoms with Gasteiger partial charge in [0, 0.05) is 11.3 Å². The minimum atomic E-state index is -0.595. The summed E-state index contributed by atoms with van der Waals surface area (Å²) in [6.07, 6.45) is 1.24. The molecule has 0 radical (unpaired) electrons. The lowest BCUT2D eigenvalue weighted by Gasteiger charge is -2.15. The number of imidazole rings is 1. The van der Waals surface area contributed by atoms with Gasteiger partial charge in [0.25, 0.3) is 0 Å². The molecule has 0 unspecified atom stereocenters. The number of nitrogens with one attached hydrogen (secondary N) is 3. The summed E-state index contributed by atoms with van der Waals surface area (Å²) >= 11 is 0. The molecule has 0 aliphatic carbocycles. The van der Waals surface area contributed by atoms with E-state index in [1.54, 1.807) is 24.4 Å². The molecule has 9 heteroatoms. The Hall–Kier alpha value is -2.91. The number of carbonyl (C=O) groups is 2. The average molecular weight is 345 g/mol. The Labute approximate surface area is 143 Å². The van der Waals surface area contributed by atoms with Crippen LogP contribution in [0.4, 0.5) is 16.2 Å². The van der Waals surface area contributed by atoms with Gasteiger partial charge in [-0.2, -0.15) is 0 Å². The fraction of sp³-hybridized carbons (Fsp3) is 0.312. The van der Waals surface area contributed by atoms with E-state index < -0.39 is 12.1 Å². The van der Waals surface area contributed by atoms with Crippen LogP contribution in [0.1, 0.15) is 18.3 Å². The molecule has 5 N–H and O–H groups in total. The number of amides is 2. The number of hydrogen-bond acceptors (Lipinski definition) is 6. The Morgan fingerprint density at radius 2 is 2.32 bits per heavy atom. The van der Waals surface area contributed by atoms with Gasteiger partial charge in [-0.15, -0.1) is 0 Å². The van der Waals surface area contributed by atoms with Crippen molar-refractivity contribution in [2.24, 2.45) is 5.73 Å². The van der Waals surface area contributed by atoms with E-state index in [-0.39, 0.29) is 25.5 Å². The molecule has 3 rings (SSSR count). The maximum absolute atomic E-state index is 12.1. The molecular weight excluding hydrogens is 326 g/mol. The van der Waals surface area contributed by atoms with E-state index in [1.807, 2.05) is 0 Å². The standard InChI is InChI=1S/C16H19N5O4/c1-24-16(23)19-9-2-3-10-12(6-9)20-14(22)4-5-25-8-11(17)15-18-7-13(10)21-15/h2-3,6-7,11H,4-5,8,17H2,1H3,(H,18,21)(H,19,23)(H,20,22)/t11-/m0/s1. The van der Waals surface area contributed by atoms with Gasteiger partial charge in [0.1, 0.15) is 5.82 Å². The van der Waals surface area contributed by atoms with Crippen molar-refractivity contribution in [3.63, 3.8) is 0 Å². The van der Waals surface area contributed by atoms with Gasteiger partial charge in [0.15, 0.2) is 0 Å². The molecule has 132 valence electrons.